The first-order valence-corrected chi connectivity index (χ1v) is 5.87. The van der Waals surface area contributed by atoms with Crippen molar-refractivity contribution in [3.8, 4) is 0 Å². The Kier molecular flexibility index (Phi) is 5.18. The fourth-order valence-electron chi connectivity index (χ4n) is 1.01. The maximum atomic E-state index is 12.6. The normalized spacial score (nSPS) is 11.5. The molecule has 0 unspecified atom stereocenters. The van der Waals surface area contributed by atoms with E-state index in [1.807, 2.05) is 0 Å². The Labute approximate surface area is 94.0 Å². The molecule has 0 aliphatic heterocycles. The van der Waals surface area contributed by atoms with Crippen LogP contribution in [0.3, 0.4) is 0 Å². The third-order valence-electron chi connectivity index (χ3n) is 1.74. The Morgan fingerprint density at radius 3 is 2.60 bits per heavy atom. The molecule has 1 aromatic carbocycles. The topological polar surface area (TPSA) is 24.4 Å². The van der Waals surface area contributed by atoms with Crippen molar-refractivity contribution < 1.29 is 4.39 Å². The van der Waals surface area contributed by atoms with Gasteiger partial charge in [-0.15, -0.1) is 0 Å². The number of benzene rings is 1. The molecule has 0 bridgehead atoms. The number of thioether (sulfide) groups is 1. The number of amidine groups is 1. The molecule has 1 N–H and O–H groups in total. The number of halogens is 1. The van der Waals surface area contributed by atoms with Crippen molar-refractivity contribution >= 4 is 22.6 Å². The predicted octanol–water partition coefficient (Wildman–Crippen LogP) is 3.37. The summed E-state index contributed by atoms with van der Waals surface area (Å²) in [5, 5.41) is 4.00. The van der Waals surface area contributed by atoms with E-state index in [-0.39, 0.29) is 5.82 Å². The van der Waals surface area contributed by atoms with Gasteiger partial charge < -0.3 is 5.32 Å². The lowest BCUT2D eigenvalue weighted by atomic mass is 10.3. The first-order valence-electron chi connectivity index (χ1n) is 4.88. The molecule has 0 radical (unpaired) electrons. The van der Waals surface area contributed by atoms with Crippen LogP contribution in [0.1, 0.15) is 13.3 Å². The van der Waals surface area contributed by atoms with Gasteiger partial charge in [-0.1, -0.05) is 18.7 Å². The highest BCUT2D eigenvalue weighted by molar-refractivity contribution is 8.14. The Bertz CT molecular complexity index is 322. The largest absolute Gasteiger partial charge is 0.335 e. The van der Waals surface area contributed by atoms with Gasteiger partial charge in [0, 0.05) is 18.5 Å². The second-order valence-corrected chi connectivity index (χ2v) is 4.09. The first-order chi connectivity index (χ1) is 7.26. The maximum absolute atomic E-state index is 12.6. The van der Waals surface area contributed by atoms with Crippen LogP contribution in [-0.2, 0) is 0 Å². The molecular formula is C11H15FN2S. The molecule has 0 aliphatic rings. The average Bonchev–Trinajstić information content (AvgIpc) is 2.27. The molecule has 0 fully saturated rings. The Balaban J connectivity index is 2.55. The van der Waals surface area contributed by atoms with E-state index in [4.69, 9.17) is 0 Å². The van der Waals surface area contributed by atoms with Crippen LogP contribution in [0, 0.1) is 5.82 Å². The predicted molar refractivity (Wildman–Crippen MR) is 66.1 cm³/mol. The highest BCUT2D eigenvalue weighted by Gasteiger charge is 1.99. The maximum Gasteiger partial charge on any atom is 0.160 e. The SMILES string of the molecule is CCCSC(=NC)Nc1ccc(F)cc1. The lowest BCUT2D eigenvalue weighted by Gasteiger charge is -2.07. The minimum absolute atomic E-state index is 0.225. The van der Waals surface area contributed by atoms with E-state index in [1.54, 1.807) is 30.9 Å². The molecule has 0 saturated heterocycles. The van der Waals surface area contributed by atoms with E-state index < -0.39 is 0 Å². The molecular weight excluding hydrogens is 211 g/mol. The van der Waals surface area contributed by atoms with Crippen molar-refractivity contribution in [2.75, 3.05) is 18.1 Å². The number of rotatable bonds is 3. The fraction of sp³-hybridized carbons (Fsp3) is 0.364. The third-order valence-corrected chi connectivity index (χ3v) is 2.91. The van der Waals surface area contributed by atoms with Crippen molar-refractivity contribution in [3.63, 3.8) is 0 Å². The first kappa shape index (κ1) is 12.0. The highest BCUT2D eigenvalue weighted by atomic mass is 32.2. The van der Waals surface area contributed by atoms with Gasteiger partial charge in [0.25, 0.3) is 0 Å². The van der Waals surface area contributed by atoms with Gasteiger partial charge >= 0.3 is 0 Å². The number of hydrogen-bond acceptors (Lipinski definition) is 2. The highest BCUT2D eigenvalue weighted by Crippen LogP contribution is 2.12. The second-order valence-electron chi connectivity index (χ2n) is 3.01. The van der Waals surface area contributed by atoms with Crippen LogP contribution in [0.4, 0.5) is 10.1 Å². The number of hydrogen-bond donors (Lipinski definition) is 1. The second kappa shape index (κ2) is 6.45. The van der Waals surface area contributed by atoms with Gasteiger partial charge in [0.15, 0.2) is 5.17 Å². The van der Waals surface area contributed by atoms with Crippen LogP contribution in [0.5, 0.6) is 0 Å². The summed E-state index contributed by atoms with van der Waals surface area (Å²) >= 11 is 1.67. The molecule has 0 aliphatic carbocycles. The molecule has 82 valence electrons. The lowest BCUT2D eigenvalue weighted by Crippen LogP contribution is -2.08. The van der Waals surface area contributed by atoms with Crippen LogP contribution < -0.4 is 5.32 Å². The number of nitrogens with one attached hydrogen (secondary N) is 1. The molecule has 0 atom stereocenters. The zero-order valence-electron chi connectivity index (χ0n) is 8.96. The summed E-state index contributed by atoms with van der Waals surface area (Å²) in [4.78, 5) is 4.12. The molecule has 0 saturated carbocycles. The van der Waals surface area contributed by atoms with Crippen LogP contribution in [-0.4, -0.2) is 18.0 Å². The monoisotopic (exact) mass is 226 g/mol. The van der Waals surface area contributed by atoms with Gasteiger partial charge in [-0.3, -0.25) is 4.99 Å². The van der Waals surface area contributed by atoms with Gasteiger partial charge in [-0.2, -0.15) is 0 Å². The minimum atomic E-state index is -0.225. The molecule has 0 heterocycles. The Hall–Kier alpha value is -1.03. The molecule has 15 heavy (non-hydrogen) atoms. The standard InChI is InChI=1S/C11H15FN2S/c1-3-8-15-11(13-2)14-10-6-4-9(12)5-7-10/h4-7H,3,8H2,1-2H3,(H,13,14). The summed E-state index contributed by atoms with van der Waals surface area (Å²) in [6.07, 6.45) is 1.11. The van der Waals surface area contributed by atoms with Gasteiger partial charge in [0.1, 0.15) is 5.82 Å². The van der Waals surface area contributed by atoms with Gasteiger partial charge in [0.2, 0.25) is 0 Å². The minimum Gasteiger partial charge on any atom is -0.335 e. The smallest absolute Gasteiger partial charge is 0.160 e. The zero-order chi connectivity index (χ0) is 11.1. The molecule has 1 aromatic rings. The molecule has 0 spiro atoms. The molecule has 0 amide bonds. The third kappa shape index (κ3) is 4.34. The fourth-order valence-corrected chi connectivity index (χ4v) is 1.73. The van der Waals surface area contributed by atoms with Crippen molar-refractivity contribution in [2.24, 2.45) is 4.99 Å². The van der Waals surface area contributed by atoms with E-state index in [0.717, 1.165) is 23.0 Å². The molecule has 1 rings (SSSR count). The quantitative estimate of drug-likeness (QED) is 0.631. The van der Waals surface area contributed by atoms with Crippen molar-refractivity contribution in [1.29, 1.82) is 0 Å². The average molecular weight is 226 g/mol. The summed E-state index contributed by atoms with van der Waals surface area (Å²) in [6.45, 7) is 2.12. The number of anilines is 1. The van der Waals surface area contributed by atoms with E-state index in [0.29, 0.717) is 0 Å². The molecule has 2 nitrogen and oxygen atoms in total. The van der Waals surface area contributed by atoms with Gasteiger partial charge in [0.05, 0.1) is 0 Å². The summed E-state index contributed by atoms with van der Waals surface area (Å²) in [7, 11) is 1.74. The lowest BCUT2D eigenvalue weighted by molar-refractivity contribution is 0.628. The van der Waals surface area contributed by atoms with Crippen LogP contribution in [0.15, 0.2) is 29.3 Å². The van der Waals surface area contributed by atoms with E-state index in [2.05, 4.69) is 17.2 Å². The van der Waals surface area contributed by atoms with E-state index in [9.17, 15) is 4.39 Å². The van der Waals surface area contributed by atoms with Crippen LogP contribution in [0.25, 0.3) is 0 Å². The molecule has 4 heteroatoms. The van der Waals surface area contributed by atoms with Crippen molar-refractivity contribution in [2.45, 2.75) is 13.3 Å². The summed E-state index contributed by atoms with van der Waals surface area (Å²) in [5.74, 6) is 0.803. The number of nitrogens with zero attached hydrogens (tertiary/aromatic N) is 1. The van der Waals surface area contributed by atoms with Crippen LogP contribution >= 0.6 is 11.8 Å². The molecule has 0 aromatic heterocycles. The van der Waals surface area contributed by atoms with Crippen molar-refractivity contribution in [1.82, 2.24) is 0 Å². The summed E-state index contributed by atoms with van der Waals surface area (Å²) in [6, 6.07) is 6.26. The zero-order valence-corrected chi connectivity index (χ0v) is 9.77. The Morgan fingerprint density at radius 2 is 2.07 bits per heavy atom. The summed E-state index contributed by atoms with van der Waals surface area (Å²) in [5.41, 5.74) is 0.862. The van der Waals surface area contributed by atoms with Gasteiger partial charge in [-0.25, -0.2) is 4.39 Å². The Morgan fingerprint density at radius 1 is 1.40 bits per heavy atom. The van der Waals surface area contributed by atoms with Crippen molar-refractivity contribution in [3.05, 3.63) is 30.1 Å². The van der Waals surface area contributed by atoms with E-state index >= 15 is 0 Å². The number of aliphatic imine (C=N–C) groups is 1. The van der Waals surface area contributed by atoms with Crippen LogP contribution in [0.2, 0.25) is 0 Å². The summed E-state index contributed by atoms with van der Waals surface area (Å²) < 4.78 is 12.6. The van der Waals surface area contributed by atoms with Gasteiger partial charge in [-0.05, 0) is 30.7 Å². The van der Waals surface area contributed by atoms with E-state index in [1.165, 1.54) is 12.1 Å².